The first-order chi connectivity index (χ1) is 12.2. The molecule has 1 N–H and O–H groups in total. The van der Waals surface area contributed by atoms with Gasteiger partial charge in [0.2, 0.25) is 0 Å². The van der Waals surface area contributed by atoms with Crippen molar-refractivity contribution >= 4 is 40.7 Å². The molecule has 5 nitrogen and oxygen atoms in total. The number of anilines is 1. The number of thiazole rings is 1. The molecule has 2 heterocycles. The highest BCUT2D eigenvalue weighted by Crippen LogP contribution is 2.26. The number of nitrogens with one attached hydrogen (secondary N) is 1. The second-order valence-electron chi connectivity index (χ2n) is 6.82. The predicted octanol–water partition coefficient (Wildman–Crippen LogP) is 5.22. The molecule has 26 heavy (non-hydrogen) atoms. The zero-order valence-electron chi connectivity index (χ0n) is 15.4. The molecular weight excluding hydrogens is 368 g/mol. The first-order valence-electron chi connectivity index (χ1n) is 8.12. The second-order valence-corrected chi connectivity index (χ2v) is 8.25. The Hall–Kier alpha value is -2.18. The van der Waals surface area contributed by atoms with E-state index in [2.05, 4.69) is 42.8 Å². The molecule has 1 amide bonds. The average Bonchev–Trinajstić information content (AvgIpc) is 3.19. The van der Waals surface area contributed by atoms with E-state index in [0.717, 1.165) is 11.3 Å². The highest BCUT2D eigenvalue weighted by Gasteiger charge is 2.19. The van der Waals surface area contributed by atoms with Crippen LogP contribution in [0.2, 0.25) is 0 Å². The number of carbonyl (C=O) groups is 1. The Morgan fingerprint density at radius 3 is 2.81 bits per heavy atom. The number of allylic oxidation sites excluding steroid dienone is 3. The van der Waals surface area contributed by atoms with Gasteiger partial charge in [-0.3, -0.25) is 15.1 Å². The van der Waals surface area contributed by atoms with Gasteiger partial charge in [0.15, 0.2) is 5.13 Å². The summed E-state index contributed by atoms with van der Waals surface area (Å²) in [4.78, 5) is 20.9. The smallest absolute Gasteiger partial charge is 0.274 e. The molecule has 2 aromatic rings. The Labute approximate surface area is 163 Å². The van der Waals surface area contributed by atoms with Crippen molar-refractivity contribution in [2.45, 2.75) is 39.7 Å². The van der Waals surface area contributed by atoms with Crippen LogP contribution in [-0.2, 0) is 12.0 Å². The van der Waals surface area contributed by atoms with E-state index < -0.39 is 0 Å². The number of carbonyl (C=O) groups excluding carboxylic acids is 1. The van der Waals surface area contributed by atoms with E-state index in [0.29, 0.717) is 22.4 Å². The van der Waals surface area contributed by atoms with Crippen molar-refractivity contribution in [3.8, 4) is 0 Å². The topological polar surface area (TPSA) is 59.3 Å². The van der Waals surface area contributed by atoms with Crippen LogP contribution >= 0.6 is 22.9 Å². The third-order valence-corrected chi connectivity index (χ3v) is 4.72. The van der Waals surface area contributed by atoms with Crippen molar-refractivity contribution in [1.82, 2.24) is 9.55 Å². The summed E-state index contributed by atoms with van der Waals surface area (Å²) in [6, 6.07) is 3.60. The van der Waals surface area contributed by atoms with Gasteiger partial charge in [-0.1, -0.05) is 32.4 Å². The van der Waals surface area contributed by atoms with Gasteiger partial charge in [0.1, 0.15) is 5.69 Å². The van der Waals surface area contributed by atoms with Crippen molar-refractivity contribution in [3.05, 3.63) is 58.0 Å². The first kappa shape index (κ1) is 20.1. The van der Waals surface area contributed by atoms with Gasteiger partial charge in [-0.25, -0.2) is 4.98 Å². The molecule has 0 radical (unpaired) electrons. The summed E-state index contributed by atoms with van der Waals surface area (Å²) in [5.41, 5.74) is 2.29. The van der Waals surface area contributed by atoms with E-state index in [1.54, 1.807) is 25.3 Å². The van der Waals surface area contributed by atoms with Crippen LogP contribution in [0.3, 0.4) is 0 Å². The molecule has 2 aromatic heterocycles. The zero-order chi connectivity index (χ0) is 19.3. The molecule has 0 bridgehead atoms. The molecule has 0 aromatic carbocycles. The van der Waals surface area contributed by atoms with Crippen molar-refractivity contribution in [2.75, 3.05) is 5.32 Å². The molecule has 7 heteroatoms. The van der Waals surface area contributed by atoms with Crippen molar-refractivity contribution in [3.63, 3.8) is 0 Å². The van der Waals surface area contributed by atoms with Crippen molar-refractivity contribution in [2.24, 2.45) is 4.99 Å². The lowest BCUT2D eigenvalue weighted by Gasteiger charge is -2.14. The Balaban J connectivity index is 2.18. The van der Waals surface area contributed by atoms with E-state index in [1.165, 1.54) is 11.3 Å². The Bertz CT molecular complexity index is 851. The molecule has 2 rings (SSSR count). The quantitative estimate of drug-likeness (QED) is 0.542. The van der Waals surface area contributed by atoms with E-state index in [-0.39, 0.29) is 11.3 Å². The number of rotatable bonds is 6. The fourth-order valence-corrected chi connectivity index (χ4v) is 3.25. The molecular formula is C19H23ClN4OS. The largest absolute Gasteiger partial charge is 0.339 e. The number of halogens is 1. The molecule has 0 aliphatic rings. The van der Waals surface area contributed by atoms with Crippen molar-refractivity contribution in [1.29, 1.82) is 0 Å². The predicted molar refractivity (Wildman–Crippen MR) is 110 cm³/mol. The van der Waals surface area contributed by atoms with Crippen LogP contribution in [0.1, 0.15) is 43.9 Å². The van der Waals surface area contributed by atoms with Crippen LogP contribution in [0.5, 0.6) is 0 Å². The molecule has 0 unspecified atom stereocenters. The lowest BCUT2D eigenvalue weighted by Crippen LogP contribution is -2.18. The van der Waals surface area contributed by atoms with E-state index in [9.17, 15) is 4.79 Å². The lowest BCUT2D eigenvalue weighted by atomic mass is 9.93. The Kier molecular flexibility index (Phi) is 6.56. The van der Waals surface area contributed by atoms with Gasteiger partial charge in [0, 0.05) is 34.8 Å². The van der Waals surface area contributed by atoms with Crippen LogP contribution < -0.4 is 5.32 Å². The van der Waals surface area contributed by atoms with E-state index >= 15 is 0 Å². The van der Waals surface area contributed by atoms with Gasteiger partial charge in [-0.15, -0.1) is 11.3 Å². The Morgan fingerprint density at radius 2 is 2.23 bits per heavy atom. The summed E-state index contributed by atoms with van der Waals surface area (Å²) in [5.74, 6) is -0.206. The van der Waals surface area contributed by atoms with Gasteiger partial charge in [-0.05, 0) is 37.4 Å². The molecule has 0 spiro atoms. The summed E-state index contributed by atoms with van der Waals surface area (Å²) in [6.07, 6.45) is 5.20. The fourth-order valence-electron chi connectivity index (χ4n) is 2.20. The highest BCUT2D eigenvalue weighted by atomic mass is 35.5. The maximum Gasteiger partial charge on any atom is 0.274 e. The molecule has 138 valence electrons. The third kappa shape index (κ3) is 5.16. The number of hydrogen-bond donors (Lipinski definition) is 1. The van der Waals surface area contributed by atoms with Crippen LogP contribution in [0.25, 0.3) is 0 Å². The zero-order valence-corrected chi connectivity index (χ0v) is 17.0. The van der Waals surface area contributed by atoms with Gasteiger partial charge < -0.3 is 4.57 Å². The number of amides is 1. The monoisotopic (exact) mass is 390 g/mol. The summed E-state index contributed by atoms with van der Waals surface area (Å²) in [6.45, 7) is 12.0. The molecule has 0 saturated heterocycles. The number of aromatic nitrogens is 2. The van der Waals surface area contributed by atoms with Crippen LogP contribution in [0.15, 0.2) is 51.6 Å². The number of hydrogen-bond acceptors (Lipinski definition) is 4. The molecule has 0 saturated carbocycles. The summed E-state index contributed by atoms with van der Waals surface area (Å²) < 4.78 is 1.84. The van der Waals surface area contributed by atoms with Gasteiger partial charge in [0.05, 0.1) is 5.69 Å². The molecule has 0 fully saturated rings. The fraction of sp³-hybridized carbons (Fsp3) is 0.316. The van der Waals surface area contributed by atoms with Crippen LogP contribution in [-0.4, -0.2) is 22.2 Å². The third-order valence-electron chi connectivity index (χ3n) is 3.72. The Morgan fingerprint density at radius 1 is 1.50 bits per heavy atom. The number of nitrogens with zero attached hydrogens (tertiary/aromatic N) is 3. The van der Waals surface area contributed by atoms with Gasteiger partial charge >= 0.3 is 0 Å². The van der Waals surface area contributed by atoms with E-state index in [4.69, 9.17) is 11.6 Å². The van der Waals surface area contributed by atoms with Gasteiger partial charge in [0.25, 0.3) is 5.91 Å². The maximum absolute atomic E-state index is 12.7. The first-order valence-corrected chi connectivity index (χ1v) is 9.38. The number of aliphatic imine (C=N–C) groups is 1. The second kappa shape index (κ2) is 8.47. The standard InChI is InChI=1S/C19H23ClN4OS/c1-13(20)14(8-9-21-5)11-24-10-6-7-15(24)17(25)23-18-22-16(12-26-18)19(2,3)4/h6-10,12H,5,11H2,1-4H3,(H,22,23,25)/b9-8-,14-13-. The average molecular weight is 391 g/mol. The van der Waals surface area contributed by atoms with E-state index in [1.807, 2.05) is 22.2 Å². The minimum Gasteiger partial charge on any atom is -0.339 e. The maximum atomic E-state index is 12.7. The SMILES string of the molecule is C=N/C=C\C(Cn1cccc1C(=O)Nc1nc(C(C)(C)C)cs1)=C(/C)Cl. The molecule has 0 atom stereocenters. The highest BCUT2D eigenvalue weighted by molar-refractivity contribution is 7.14. The normalized spacial score (nSPS) is 13.0. The van der Waals surface area contributed by atoms with Crippen LogP contribution in [0.4, 0.5) is 5.13 Å². The lowest BCUT2D eigenvalue weighted by molar-refractivity contribution is 0.101. The minimum absolute atomic E-state index is 0.0528. The molecule has 0 aliphatic carbocycles. The van der Waals surface area contributed by atoms with Crippen LogP contribution in [0, 0.1) is 0 Å². The summed E-state index contributed by atoms with van der Waals surface area (Å²) in [7, 11) is 0. The molecule has 0 aliphatic heterocycles. The van der Waals surface area contributed by atoms with Crippen molar-refractivity contribution < 1.29 is 4.79 Å². The minimum atomic E-state index is -0.206. The van der Waals surface area contributed by atoms with Gasteiger partial charge in [-0.2, -0.15) is 0 Å². The summed E-state index contributed by atoms with van der Waals surface area (Å²) >= 11 is 7.57. The summed E-state index contributed by atoms with van der Waals surface area (Å²) in [5, 5.41) is 6.08.